The first kappa shape index (κ1) is 11.7. The molecule has 17 heavy (non-hydrogen) atoms. The lowest BCUT2D eigenvalue weighted by atomic mass is 10.1. The summed E-state index contributed by atoms with van der Waals surface area (Å²) in [5.74, 6) is 0. The highest BCUT2D eigenvalue weighted by Crippen LogP contribution is 2.22. The third-order valence-electron chi connectivity index (χ3n) is 2.48. The maximum Gasteiger partial charge on any atom is 0.278 e. The van der Waals surface area contributed by atoms with E-state index in [9.17, 15) is 8.42 Å². The second-order valence-corrected chi connectivity index (χ2v) is 5.44. The lowest BCUT2D eigenvalue weighted by Gasteiger charge is -2.11. The number of anilines is 1. The Morgan fingerprint density at radius 1 is 1.24 bits per heavy atom. The van der Waals surface area contributed by atoms with Crippen LogP contribution in [0.25, 0.3) is 0 Å². The van der Waals surface area contributed by atoms with E-state index in [4.69, 9.17) is 0 Å². The summed E-state index contributed by atoms with van der Waals surface area (Å²) in [7, 11) is -3.58. The Morgan fingerprint density at radius 3 is 2.41 bits per heavy atom. The Kier molecular flexibility index (Phi) is 2.89. The monoisotopic (exact) mass is 251 g/mol. The van der Waals surface area contributed by atoms with Gasteiger partial charge in [-0.15, -0.1) is 0 Å². The number of nitrogens with zero attached hydrogens (tertiary/aromatic N) is 1. The Labute approximate surface area is 100.0 Å². The molecule has 1 aromatic heterocycles. The van der Waals surface area contributed by atoms with Crippen LogP contribution < -0.4 is 4.72 Å². The minimum absolute atomic E-state index is 0.0557. The van der Waals surface area contributed by atoms with E-state index < -0.39 is 10.0 Å². The van der Waals surface area contributed by atoms with Crippen molar-refractivity contribution in [1.82, 2.24) is 9.97 Å². The standard InChI is InChI=1S/C11H13N3O2S/c1-8-4-3-5-9(2)11(8)14-17(15,16)10-6-12-7-13-10/h3-7,14H,1-2H3,(H,12,13). The van der Waals surface area contributed by atoms with Crippen LogP contribution in [0.3, 0.4) is 0 Å². The number of hydrogen-bond acceptors (Lipinski definition) is 3. The van der Waals surface area contributed by atoms with E-state index in [-0.39, 0.29) is 5.03 Å². The summed E-state index contributed by atoms with van der Waals surface area (Å²) in [6, 6.07) is 5.61. The molecule has 0 saturated heterocycles. The molecule has 0 unspecified atom stereocenters. The van der Waals surface area contributed by atoms with Crippen LogP contribution in [0.4, 0.5) is 5.69 Å². The molecule has 2 aromatic rings. The van der Waals surface area contributed by atoms with Crippen LogP contribution in [0.5, 0.6) is 0 Å². The summed E-state index contributed by atoms with van der Waals surface area (Å²) in [6.45, 7) is 3.72. The molecule has 6 heteroatoms. The molecule has 0 saturated carbocycles. The molecule has 0 aliphatic heterocycles. The van der Waals surface area contributed by atoms with Crippen LogP contribution >= 0.6 is 0 Å². The van der Waals surface area contributed by atoms with E-state index in [1.165, 1.54) is 12.5 Å². The van der Waals surface area contributed by atoms with Crippen molar-refractivity contribution in [2.24, 2.45) is 0 Å². The number of nitrogens with one attached hydrogen (secondary N) is 2. The van der Waals surface area contributed by atoms with Crippen LogP contribution in [-0.4, -0.2) is 18.4 Å². The van der Waals surface area contributed by atoms with Gasteiger partial charge >= 0.3 is 0 Å². The highest BCUT2D eigenvalue weighted by Gasteiger charge is 2.17. The molecule has 1 aromatic carbocycles. The lowest BCUT2D eigenvalue weighted by Crippen LogP contribution is -2.15. The Morgan fingerprint density at radius 2 is 1.88 bits per heavy atom. The van der Waals surface area contributed by atoms with E-state index in [2.05, 4.69) is 14.7 Å². The number of aromatic nitrogens is 2. The number of para-hydroxylation sites is 1. The fraction of sp³-hybridized carbons (Fsp3) is 0.182. The van der Waals surface area contributed by atoms with Crippen molar-refractivity contribution in [2.45, 2.75) is 18.9 Å². The number of aromatic amines is 1. The summed E-state index contributed by atoms with van der Waals surface area (Å²) in [4.78, 5) is 6.28. The van der Waals surface area contributed by atoms with E-state index in [0.717, 1.165) is 11.1 Å². The molecular weight excluding hydrogens is 238 g/mol. The first-order valence-corrected chi connectivity index (χ1v) is 6.56. The fourth-order valence-electron chi connectivity index (χ4n) is 1.55. The van der Waals surface area contributed by atoms with Gasteiger partial charge in [-0.05, 0) is 25.0 Å². The zero-order chi connectivity index (χ0) is 12.5. The van der Waals surface area contributed by atoms with Crippen molar-refractivity contribution in [1.29, 1.82) is 0 Å². The summed E-state index contributed by atoms with van der Waals surface area (Å²) < 4.78 is 26.5. The van der Waals surface area contributed by atoms with Gasteiger partial charge in [0, 0.05) is 0 Å². The van der Waals surface area contributed by atoms with Crippen molar-refractivity contribution < 1.29 is 8.42 Å². The van der Waals surface area contributed by atoms with Crippen molar-refractivity contribution in [3.05, 3.63) is 41.9 Å². The molecule has 0 aliphatic carbocycles. The fourth-order valence-corrected chi connectivity index (χ4v) is 2.66. The number of rotatable bonds is 3. The predicted octanol–water partition coefficient (Wildman–Crippen LogP) is 1.83. The van der Waals surface area contributed by atoms with E-state index in [1.807, 2.05) is 32.0 Å². The zero-order valence-electron chi connectivity index (χ0n) is 9.56. The van der Waals surface area contributed by atoms with Gasteiger partial charge in [-0.1, -0.05) is 18.2 Å². The Bertz CT molecular complexity index is 598. The van der Waals surface area contributed by atoms with Crippen LogP contribution in [0.15, 0.2) is 35.7 Å². The molecule has 2 rings (SSSR count). The summed E-state index contributed by atoms with van der Waals surface area (Å²) in [5, 5.41) is 0.0557. The molecular formula is C11H13N3O2S. The minimum Gasteiger partial charge on any atom is -0.334 e. The van der Waals surface area contributed by atoms with Gasteiger partial charge in [0.25, 0.3) is 10.0 Å². The highest BCUT2D eigenvalue weighted by molar-refractivity contribution is 7.92. The second-order valence-electron chi connectivity index (χ2n) is 3.79. The molecule has 0 spiro atoms. The van der Waals surface area contributed by atoms with Crippen LogP contribution in [0.2, 0.25) is 0 Å². The largest absolute Gasteiger partial charge is 0.334 e. The van der Waals surface area contributed by atoms with Gasteiger partial charge in [-0.2, -0.15) is 8.42 Å². The van der Waals surface area contributed by atoms with Crippen LogP contribution in [0.1, 0.15) is 11.1 Å². The van der Waals surface area contributed by atoms with E-state index in [0.29, 0.717) is 5.69 Å². The summed E-state index contributed by atoms with van der Waals surface area (Å²) >= 11 is 0. The Balaban J connectivity index is 2.40. The van der Waals surface area contributed by atoms with E-state index >= 15 is 0 Å². The number of aryl methyl sites for hydroxylation is 2. The van der Waals surface area contributed by atoms with Gasteiger partial charge in [0.15, 0.2) is 5.03 Å². The van der Waals surface area contributed by atoms with Gasteiger partial charge in [0.1, 0.15) is 0 Å². The van der Waals surface area contributed by atoms with Crippen molar-refractivity contribution >= 4 is 15.7 Å². The smallest absolute Gasteiger partial charge is 0.278 e. The number of benzene rings is 1. The third kappa shape index (κ3) is 2.31. The van der Waals surface area contributed by atoms with Gasteiger partial charge in [0.2, 0.25) is 0 Å². The molecule has 0 atom stereocenters. The first-order chi connectivity index (χ1) is 8.00. The van der Waals surface area contributed by atoms with Crippen LogP contribution in [-0.2, 0) is 10.0 Å². The molecule has 0 fully saturated rings. The molecule has 0 aliphatic rings. The van der Waals surface area contributed by atoms with Crippen molar-refractivity contribution in [3.8, 4) is 0 Å². The zero-order valence-corrected chi connectivity index (χ0v) is 10.4. The number of imidazole rings is 1. The quantitative estimate of drug-likeness (QED) is 0.873. The van der Waals surface area contributed by atoms with E-state index in [1.54, 1.807) is 0 Å². The van der Waals surface area contributed by atoms with Gasteiger partial charge in [0.05, 0.1) is 18.2 Å². The molecule has 0 bridgehead atoms. The highest BCUT2D eigenvalue weighted by atomic mass is 32.2. The lowest BCUT2D eigenvalue weighted by molar-refractivity contribution is 0.598. The van der Waals surface area contributed by atoms with Crippen molar-refractivity contribution in [3.63, 3.8) is 0 Å². The SMILES string of the molecule is Cc1cccc(C)c1NS(=O)(=O)c1cnc[nH]1. The Hall–Kier alpha value is -1.82. The average molecular weight is 251 g/mol. The number of sulfonamides is 1. The van der Waals surface area contributed by atoms with Gasteiger partial charge in [-0.3, -0.25) is 4.72 Å². The van der Waals surface area contributed by atoms with Crippen molar-refractivity contribution in [2.75, 3.05) is 4.72 Å². The normalized spacial score (nSPS) is 11.4. The summed E-state index contributed by atoms with van der Waals surface area (Å²) in [5.41, 5.74) is 2.38. The summed E-state index contributed by atoms with van der Waals surface area (Å²) in [6.07, 6.45) is 2.61. The number of H-pyrrole nitrogens is 1. The first-order valence-electron chi connectivity index (χ1n) is 5.08. The van der Waals surface area contributed by atoms with Gasteiger partial charge < -0.3 is 4.98 Å². The molecule has 90 valence electrons. The maximum absolute atomic E-state index is 12.0. The molecule has 0 radical (unpaired) electrons. The average Bonchev–Trinajstić information content (AvgIpc) is 2.77. The van der Waals surface area contributed by atoms with Gasteiger partial charge in [-0.25, -0.2) is 4.98 Å². The molecule has 1 heterocycles. The number of hydrogen-bond donors (Lipinski definition) is 2. The predicted molar refractivity (Wildman–Crippen MR) is 65.3 cm³/mol. The van der Waals surface area contributed by atoms with Crippen LogP contribution in [0, 0.1) is 13.8 Å². The third-order valence-corrected chi connectivity index (χ3v) is 3.76. The molecule has 2 N–H and O–H groups in total. The maximum atomic E-state index is 12.0. The molecule has 0 amide bonds. The second kappa shape index (κ2) is 4.21. The molecule has 5 nitrogen and oxygen atoms in total. The topological polar surface area (TPSA) is 74.8 Å². The minimum atomic E-state index is -3.58.